The molecule has 266 valence electrons. The summed E-state index contributed by atoms with van der Waals surface area (Å²) in [7, 11) is -0.306. The standard InChI is InChI=1S/C37H41Cl2N3O7S/c1-6-25(2)40-37(44)32(20-26-12-8-7-9-13-26)41(23-27-14-10-11-15-30(27)39)36(43)24-42(31-21-28(38)16-18-33(31)47-3)50(45,46)29-17-19-34(48-4)35(22-29)49-5/h7-19,21-22,25,32H,6,20,23-24H2,1-5H3,(H,40,44)/t25-,32-/m0/s1. The van der Waals surface area contributed by atoms with Gasteiger partial charge in [0.1, 0.15) is 18.3 Å². The zero-order valence-corrected chi connectivity index (χ0v) is 30.9. The smallest absolute Gasteiger partial charge is 0.265 e. The Labute approximate surface area is 303 Å². The van der Waals surface area contributed by atoms with Crippen LogP contribution >= 0.6 is 23.2 Å². The van der Waals surface area contributed by atoms with Crippen molar-refractivity contribution in [2.45, 2.75) is 50.2 Å². The summed E-state index contributed by atoms with van der Waals surface area (Å²) in [6.45, 7) is 3.01. The maximum absolute atomic E-state index is 14.8. The van der Waals surface area contributed by atoms with Crippen molar-refractivity contribution in [1.82, 2.24) is 10.2 Å². The topological polar surface area (TPSA) is 114 Å². The predicted octanol–water partition coefficient (Wildman–Crippen LogP) is 6.77. The third-order valence-corrected chi connectivity index (χ3v) is 10.6. The second-order valence-corrected chi connectivity index (χ2v) is 14.2. The highest BCUT2D eigenvalue weighted by Gasteiger charge is 2.36. The predicted molar refractivity (Wildman–Crippen MR) is 196 cm³/mol. The van der Waals surface area contributed by atoms with Crippen molar-refractivity contribution in [2.75, 3.05) is 32.2 Å². The number of carbonyl (C=O) groups excluding carboxylic acids is 2. The fraction of sp³-hybridized carbons (Fsp3) is 0.297. The maximum atomic E-state index is 14.8. The lowest BCUT2D eigenvalue weighted by Crippen LogP contribution is -2.54. The molecule has 0 heterocycles. The number of nitrogens with one attached hydrogen (secondary N) is 1. The highest BCUT2D eigenvalue weighted by Crippen LogP contribution is 2.37. The molecule has 0 unspecified atom stereocenters. The summed E-state index contributed by atoms with van der Waals surface area (Å²) in [6.07, 6.45) is 0.816. The fourth-order valence-corrected chi connectivity index (χ4v) is 7.08. The van der Waals surface area contributed by atoms with Gasteiger partial charge in [-0.05, 0) is 60.9 Å². The number of sulfonamides is 1. The Morgan fingerprint density at radius 3 is 2.10 bits per heavy atom. The third kappa shape index (κ3) is 9.21. The van der Waals surface area contributed by atoms with E-state index < -0.39 is 34.4 Å². The Balaban J connectivity index is 1.89. The number of amides is 2. The Morgan fingerprint density at radius 2 is 1.46 bits per heavy atom. The summed E-state index contributed by atoms with van der Waals surface area (Å²) in [6, 6.07) is 23.6. The lowest BCUT2D eigenvalue weighted by Gasteiger charge is -2.34. The number of halogens is 2. The molecule has 0 radical (unpaired) electrons. The highest BCUT2D eigenvalue weighted by molar-refractivity contribution is 7.92. The Bertz CT molecular complexity index is 1890. The minimum Gasteiger partial charge on any atom is -0.495 e. The van der Waals surface area contributed by atoms with Crippen molar-refractivity contribution < 1.29 is 32.2 Å². The van der Waals surface area contributed by atoms with E-state index in [2.05, 4.69) is 5.32 Å². The van der Waals surface area contributed by atoms with E-state index in [-0.39, 0.29) is 46.1 Å². The lowest BCUT2D eigenvalue weighted by atomic mass is 10.0. The van der Waals surface area contributed by atoms with Crippen LogP contribution in [0.4, 0.5) is 5.69 Å². The van der Waals surface area contributed by atoms with Gasteiger partial charge in [-0.1, -0.05) is 78.7 Å². The van der Waals surface area contributed by atoms with E-state index in [0.717, 1.165) is 9.87 Å². The molecular weight excluding hydrogens is 701 g/mol. The Hall–Kier alpha value is -4.45. The van der Waals surface area contributed by atoms with E-state index in [4.69, 9.17) is 37.4 Å². The first-order valence-corrected chi connectivity index (χ1v) is 18.1. The SMILES string of the molecule is CC[C@H](C)NC(=O)[C@H](Cc1ccccc1)N(Cc1ccccc1Cl)C(=O)CN(c1cc(Cl)ccc1OC)S(=O)(=O)c1ccc(OC)c(OC)c1. The number of hydrogen-bond acceptors (Lipinski definition) is 7. The molecule has 50 heavy (non-hydrogen) atoms. The van der Waals surface area contributed by atoms with E-state index in [1.54, 1.807) is 30.3 Å². The molecule has 2 amide bonds. The number of hydrogen-bond donors (Lipinski definition) is 1. The summed E-state index contributed by atoms with van der Waals surface area (Å²) in [4.78, 5) is 30.0. The average molecular weight is 743 g/mol. The molecule has 0 spiro atoms. The molecule has 4 rings (SSSR count). The first kappa shape index (κ1) is 38.4. The highest BCUT2D eigenvalue weighted by atomic mass is 35.5. The molecule has 0 aliphatic heterocycles. The largest absolute Gasteiger partial charge is 0.495 e. The lowest BCUT2D eigenvalue weighted by molar-refractivity contribution is -0.140. The molecule has 0 aliphatic rings. The van der Waals surface area contributed by atoms with Gasteiger partial charge < -0.3 is 24.4 Å². The number of benzene rings is 4. The van der Waals surface area contributed by atoms with Crippen LogP contribution in [0.3, 0.4) is 0 Å². The molecule has 0 aromatic heterocycles. The van der Waals surface area contributed by atoms with E-state index >= 15 is 0 Å². The number of anilines is 1. The van der Waals surface area contributed by atoms with Crippen molar-refractivity contribution in [3.05, 3.63) is 112 Å². The van der Waals surface area contributed by atoms with E-state index in [9.17, 15) is 18.0 Å². The number of nitrogens with zero attached hydrogens (tertiary/aromatic N) is 2. The quantitative estimate of drug-likeness (QED) is 0.135. The molecule has 2 atom stereocenters. The van der Waals surface area contributed by atoms with Gasteiger partial charge in [0.25, 0.3) is 10.0 Å². The van der Waals surface area contributed by atoms with E-state index in [1.807, 2.05) is 44.2 Å². The van der Waals surface area contributed by atoms with Gasteiger partial charge in [-0.3, -0.25) is 13.9 Å². The molecule has 4 aromatic carbocycles. The Morgan fingerprint density at radius 1 is 0.820 bits per heavy atom. The molecule has 1 N–H and O–H groups in total. The van der Waals surface area contributed by atoms with Gasteiger partial charge in [0, 0.05) is 35.1 Å². The molecule has 0 bridgehead atoms. The fourth-order valence-electron chi connectivity index (χ4n) is 5.28. The molecule has 4 aromatic rings. The monoisotopic (exact) mass is 741 g/mol. The van der Waals surface area contributed by atoms with Crippen LogP contribution in [-0.4, -0.2) is 65.1 Å². The van der Waals surface area contributed by atoms with E-state index in [0.29, 0.717) is 22.8 Å². The van der Waals surface area contributed by atoms with Gasteiger partial charge in [0.15, 0.2) is 11.5 Å². The summed E-state index contributed by atoms with van der Waals surface area (Å²) >= 11 is 13.0. The second kappa shape index (κ2) is 17.5. The van der Waals surface area contributed by atoms with Crippen LogP contribution < -0.4 is 23.8 Å². The number of methoxy groups -OCH3 is 3. The minimum absolute atomic E-state index is 0.0181. The van der Waals surface area contributed by atoms with Crippen LogP contribution in [0.1, 0.15) is 31.4 Å². The second-order valence-electron chi connectivity index (χ2n) is 11.5. The van der Waals surface area contributed by atoms with Crippen LogP contribution in [0, 0.1) is 0 Å². The van der Waals surface area contributed by atoms with Crippen LogP contribution in [0.2, 0.25) is 10.0 Å². The van der Waals surface area contributed by atoms with Crippen molar-refractivity contribution in [1.29, 1.82) is 0 Å². The van der Waals surface area contributed by atoms with Crippen LogP contribution in [-0.2, 0) is 32.6 Å². The molecule has 13 heteroatoms. The number of ether oxygens (including phenoxy) is 3. The van der Waals surface area contributed by atoms with Crippen molar-refractivity contribution in [2.24, 2.45) is 0 Å². The molecular formula is C37H41Cl2N3O7S. The first-order valence-electron chi connectivity index (χ1n) is 15.9. The van der Waals surface area contributed by atoms with Crippen LogP contribution in [0.25, 0.3) is 0 Å². The number of carbonyl (C=O) groups is 2. The molecule has 0 aliphatic carbocycles. The van der Waals surface area contributed by atoms with Crippen molar-refractivity contribution in [3.63, 3.8) is 0 Å². The van der Waals surface area contributed by atoms with Gasteiger partial charge in [-0.25, -0.2) is 8.42 Å². The summed E-state index contributed by atoms with van der Waals surface area (Å²) in [5.41, 5.74) is 1.40. The van der Waals surface area contributed by atoms with Gasteiger partial charge in [0.05, 0.1) is 31.9 Å². The van der Waals surface area contributed by atoms with Crippen LogP contribution in [0.15, 0.2) is 95.9 Å². The molecule has 0 fully saturated rings. The summed E-state index contributed by atoms with van der Waals surface area (Å²) in [5.74, 6) is -0.423. The molecule has 10 nitrogen and oxygen atoms in total. The van der Waals surface area contributed by atoms with Crippen molar-refractivity contribution >= 4 is 50.7 Å². The van der Waals surface area contributed by atoms with E-state index in [1.165, 1.54) is 56.6 Å². The zero-order valence-electron chi connectivity index (χ0n) is 28.6. The minimum atomic E-state index is -4.51. The summed E-state index contributed by atoms with van der Waals surface area (Å²) in [5, 5.41) is 3.61. The average Bonchev–Trinajstić information content (AvgIpc) is 3.12. The van der Waals surface area contributed by atoms with Gasteiger partial charge in [0.2, 0.25) is 11.8 Å². The third-order valence-electron chi connectivity index (χ3n) is 8.20. The van der Waals surface area contributed by atoms with Gasteiger partial charge in [-0.15, -0.1) is 0 Å². The Kier molecular flexibility index (Phi) is 13.4. The zero-order chi connectivity index (χ0) is 36.4. The van der Waals surface area contributed by atoms with Gasteiger partial charge in [-0.2, -0.15) is 0 Å². The van der Waals surface area contributed by atoms with Gasteiger partial charge >= 0.3 is 0 Å². The number of rotatable bonds is 16. The normalized spacial score (nSPS) is 12.4. The summed E-state index contributed by atoms with van der Waals surface area (Å²) < 4.78 is 46.4. The molecule has 0 saturated carbocycles. The maximum Gasteiger partial charge on any atom is 0.265 e. The van der Waals surface area contributed by atoms with Crippen molar-refractivity contribution in [3.8, 4) is 17.2 Å². The van der Waals surface area contributed by atoms with Crippen LogP contribution in [0.5, 0.6) is 17.2 Å². The first-order chi connectivity index (χ1) is 23.9. The molecule has 0 saturated heterocycles.